The summed E-state index contributed by atoms with van der Waals surface area (Å²) in [7, 11) is 1.86. The highest BCUT2D eigenvalue weighted by Gasteiger charge is 2.76. The van der Waals surface area contributed by atoms with Crippen LogP contribution in [0, 0.1) is 11.8 Å². The number of hydrogen-bond donors (Lipinski definition) is 0. The third kappa shape index (κ3) is 0.536. The van der Waals surface area contributed by atoms with E-state index < -0.39 is 0 Å². The van der Waals surface area contributed by atoms with Gasteiger partial charge in [-0.15, -0.1) is 0 Å². The molecule has 2 aliphatic carbocycles. The van der Waals surface area contributed by atoms with Crippen LogP contribution in [0.3, 0.4) is 0 Å². The highest BCUT2D eigenvalue weighted by molar-refractivity contribution is 5.26. The second-order valence-electron chi connectivity index (χ2n) is 3.36. The van der Waals surface area contributed by atoms with Gasteiger partial charge in [-0.2, -0.15) is 0 Å². The lowest BCUT2D eigenvalue weighted by atomic mass is 10.0. The smallest absolute Gasteiger partial charge is 0.0742 e. The zero-order chi connectivity index (χ0) is 6.48. The van der Waals surface area contributed by atoms with E-state index in [2.05, 4.69) is 6.92 Å². The van der Waals surface area contributed by atoms with Crippen LogP contribution in [0.4, 0.5) is 0 Å². The van der Waals surface area contributed by atoms with Gasteiger partial charge in [0.05, 0.1) is 5.60 Å². The Bertz CT molecular complexity index is 123. The lowest BCUT2D eigenvalue weighted by Crippen LogP contribution is -2.21. The van der Waals surface area contributed by atoms with Gasteiger partial charge in [-0.05, 0) is 24.7 Å². The Balaban J connectivity index is 1.91. The number of ether oxygens (including phenoxy) is 1. The van der Waals surface area contributed by atoms with E-state index in [-0.39, 0.29) is 0 Å². The van der Waals surface area contributed by atoms with E-state index in [0.29, 0.717) is 5.60 Å². The fourth-order valence-corrected chi connectivity index (χ4v) is 2.18. The van der Waals surface area contributed by atoms with Crippen molar-refractivity contribution >= 4 is 0 Å². The van der Waals surface area contributed by atoms with Crippen LogP contribution < -0.4 is 0 Å². The van der Waals surface area contributed by atoms with E-state index in [1.54, 1.807) is 0 Å². The van der Waals surface area contributed by atoms with Crippen molar-refractivity contribution in [3.05, 3.63) is 0 Å². The highest BCUT2D eigenvalue weighted by atomic mass is 16.5. The molecule has 2 unspecified atom stereocenters. The van der Waals surface area contributed by atoms with Crippen LogP contribution in [-0.2, 0) is 4.74 Å². The summed E-state index contributed by atoms with van der Waals surface area (Å²) in [5, 5.41) is 0. The Morgan fingerprint density at radius 2 is 2.22 bits per heavy atom. The molecule has 0 aliphatic heterocycles. The molecule has 9 heavy (non-hydrogen) atoms. The molecule has 0 N–H and O–H groups in total. The van der Waals surface area contributed by atoms with Gasteiger partial charge in [0.1, 0.15) is 0 Å². The molecule has 0 bridgehead atoms. The molecule has 0 amide bonds. The van der Waals surface area contributed by atoms with E-state index in [0.717, 1.165) is 11.8 Å². The summed E-state index contributed by atoms with van der Waals surface area (Å²) in [6, 6.07) is 0. The van der Waals surface area contributed by atoms with E-state index >= 15 is 0 Å². The molecule has 1 nitrogen and oxygen atoms in total. The highest BCUT2D eigenvalue weighted by Crippen LogP contribution is 2.74. The largest absolute Gasteiger partial charge is 0.378 e. The first-order chi connectivity index (χ1) is 4.35. The maximum Gasteiger partial charge on any atom is 0.0742 e. The summed E-state index contributed by atoms with van der Waals surface area (Å²) in [6.07, 6.45) is 4.02. The lowest BCUT2D eigenvalue weighted by Gasteiger charge is -2.19. The Hall–Kier alpha value is -0.0400. The van der Waals surface area contributed by atoms with Crippen molar-refractivity contribution in [3.63, 3.8) is 0 Å². The minimum absolute atomic E-state index is 0.398. The van der Waals surface area contributed by atoms with E-state index in [9.17, 15) is 0 Å². The Labute approximate surface area is 56.4 Å². The van der Waals surface area contributed by atoms with Crippen molar-refractivity contribution in [1.82, 2.24) is 0 Å². The third-order valence-corrected chi connectivity index (χ3v) is 2.96. The van der Waals surface area contributed by atoms with Crippen LogP contribution in [0.15, 0.2) is 0 Å². The fourth-order valence-electron chi connectivity index (χ4n) is 2.18. The molecule has 2 aliphatic rings. The molecule has 0 aromatic carbocycles. The third-order valence-electron chi connectivity index (χ3n) is 2.96. The Morgan fingerprint density at radius 1 is 1.56 bits per heavy atom. The molecule has 2 rings (SSSR count). The van der Waals surface area contributed by atoms with Crippen molar-refractivity contribution in [2.75, 3.05) is 7.11 Å². The minimum atomic E-state index is 0.398. The number of methoxy groups -OCH3 is 1. The van der Waals surface area contributed by atoms with Crippen LogP contribution in [-0.4, -0.2) is 12.7 Å². The maximum absolute atomic E-state index is 5.45. The minimum Gasteiger partial charge on any atom is -0.378 e. The monoisotopic (exact) mass is 126 g/mol. The van der Waals surface area contributed by atoms with Crippen LogP contribution in [0.25, 0.3) is 0 Å². The maximum atomic E-state index is 5.45. The quantitative estimate of drug-likeness (QED) is 0.560. The van der Waals surface area contributed by atoms with Gasteiger partial charge in [0, 0.05) is 7.11 Å². The topological polar surface area (TPSA) is 9.23 Å². The number of fused-ring (bicyclic) bond motifs is 1. The van der Waals surface area contributed by atoms with Gasteiger partial charge in [-0.1, -0.05) is 13.3 Å². The Kier molecular flexibility index (Phi) is 0.963. The summed E-state index contributed by atoms with van der Waals surface area (Å²) < 4.78 is 5.45. The molecular formula is C8H14O. The second-order valence-corrected chi connectivity index (χ2v) is 3.36. The molecule has 0 heterocycles. The molecule has 0 saturated heterocycles. The standard InChI is InChI=1S/C8H14O/c1-3-4-8(9-2)6-5-7(6)8/h6-7H,3-5H2,1-2H3. The molecule has 0 aromatic rings. The zero-order valence-electron chi connectivity index (χ0n) is 6.18. The van der Waals surface area contributed by atoms with Gasteiger partial charge in [0.25, 0.3) is 0 Å². The van der Waals surface area contributed by atoms with Crippen molar-refractivity contribution in [3.8, 4) is 0 Å². The number of hydrogen-bond acceptors (Lipinski definition) is 1. The summed E-state index contributed by atoms with van der Waals surface area (Å²) in [6.45, 7) is 2.23. The molecule has 2 fully saturated rings. The molecule has 2 saturated carbocycles. The van der Waals surface area contributed by atoms with Crippen LogP contribution in [0.2, 0.25) is 0 Å². The van der Waals surface area contributed by atoms with Crippen LogP contribution >= 0.6 is 0 Å². The predicted molar refractivity (Wildman–Crippen MR) is 36.2 cm³/mol. The van der Waals surface area contributed by atoms with Crippen LogP contribution in [0.5, 0.6) is 0 Å². The first-order valence-electron chi connectivity index (χ1n) is 3.90. The summed E-state index contributed by atoms with van der Waals surface area (Å²) in [5.41, 5.74) is 0.398. The molecule has 2 atom stereocenters. The van der Waals surface area contributed by atoms with Gasteiger partial charge in [0.2, 0.25) is 0 Å². The summed E-state index contributed by atoms with van der Waals surface area (Å²) in [4.78, 5) is 0. The molecule has 0 spiro atoms. The molecule has 52 valence electrons. The van der Waals surface area contributed by atoms with Gasteiger partial charge in [0.15, 0.2) is 0 Å². The lowest BCUT2D eigenvalue weighted by molar-refractivity contribution is 0.0245. The average molecular weight is 126 g/mol. The zero-order valence-corrected chi connectivity index (χ0v) is 6.18. The van der Waals surface area contributed by atoms with E-state index in [1.807, 2.05) is 7.11 Å². The predicted octanol–water partition coefficient (Wildman–Crippen LogP) is 1.82. The van der Waals surface area contributed by atoms with Gasteiger partial charge < -0.3 is 4.74 Å². The van der Waals surface area contributed by atoms with E-state index in [1.165, 1.54) is 19.3 Å². The van der Waals surface area contributed by atoms with Gasteiger partial charge >= 0.3 is 0 Å². The molecule has 0 radical (unpaired) electrons. The normalized spacial score (nSPS) is 52.7. The van der Waals surface area contributed by atoms with Crippen LogP contribution in [0.1, 0.15) is 26.2 Å². The van der Waals surface area contributed by atoms with Gasteiger partial charge in [-0.3, -0.25) is 0 Å². The first kappa shape index (κ1) is 5.72. The van der Waals surface area contributed by atoms with Gasteiger partial charge in [-0.25, -0.2) is 0 Å². The SMILES string of the molecule is CCCC1(OC)C2CC21. The second kappa shape index (κ2) is 1.51. The van der Waals surface area contributed by atoms with Crippen molar-refractivity contribution in [2.45, 2.75) is 31.8 Å². The Morgan fingerprint density at radius 3 is 2.33 bits per heavy atom. The molecular weight excluding hydrogens is 112 g/mol. The van der Waals surface area contributed by atoms with Crippen molar-refractivity contribution in [2.24, 2.45) is 11.8 Å². The fraction of sp³-hybridized carbons (Fsp3) is 1.00. The average Bonchev–Trinajstić information content (AvgIpc) is 2.67. The van der Waals surface area contributed by atoms with E-state index in [4.69, 9.17) is 4.74 Å². The summed E-state index contributed by atoms with van der Waals surface area (Å²) in [5.74, 6) is 1.95. The van der Waals surface area contributed by atoms with Crippen molar-refractivity contribution in [1.29, 1.82) is 0 Å². The summed E-state index contributed by atoms with van der Waals surface area (Å²) >= 11 is 0. The first-order valence-corrected chi connectivity index (χ1v) is 3.90. The van der Waals surface area contributed by atoms with Crippen molar-refractivity contribution < 1.29 is 4.74 Å². The molecule has 0 aromatic heterocycles. The molecule has 1 heteroatoms. The number of rotatable bonds is 3.